The van der Waals surface area contributed by atoms with Gasteiger partial charge in [0.25, 0.3) is 11.1 Å². The zero-order valence-corrected chi connectivity index (χ0v) is 18.6. The molecule has 34 heavy (non-hydrogen) atoms. The number of para-hydroxylation sites is 1. The van der Waals surface area contributed by atoms with E-state index in [4.69, 9.17) is 4.74 Å². The molecule has 2 aromatic carbocycles. The molecule has 176 valence electrons. The normalized spacial score (nSPS) is 16.5. The van der Waals surface area contributed by atoms with E-state index in [1.807, 2.05) is 0 Å². The van der Waals surface area contributed by atoms with Gasteiger partial charge in [0.05, 0.1) is 45.8 Å². The Morgan fingerprint density at radius 3 is 2.68 bits per heavy atom. The van der Waals surface area contributed by atoms with Crippen LogP contribution in [0.3, 0.4) is 0 Å². The maximum Gasteiger partial charge on any atom is 0.416 e. The Morgan fingerprint density at radius 1 is 1.09 bits per heavy atom. The molecule has 1 unspecified atom stereocenters. The number of ether oxygens (including phenoxy) is 1. The summed E-state index contributed by atoms with van der Waals surface area (Å²) in [6, 6.07) is 9.85. The van der Waals surface area contributed by atoms with Crippen molar-refractivity contribution in [1.29, 1.82) is 0 Å². The van der Waals surface area contributed by atoms with Gasteiger partial charge in [0.15, 0.2) is 5.16 Å². The summed E-state index contributed by atoms with van der Waals surface area (Å²) in [4.78, 5) is 37.1. The predicted molar refractivity (Wildman–Crippen MR) is 122 cm³/mol. The van der Waals surface area contributed by atoms with Gasteiger partial charge in [-0.1, -0.05) is 23.9 Å². The second-order valence-corrected chi connectivity index (χ2v) is 8.94. The van der Waals surface area contributed by atoms with Crippen molar-refractivity contribution in [2.75, 3.05) is 6.61 Å². The Balaban J connectivity index is 1.50. The topological polar surface area (TPSA) is 89.9 Å². The molecule has 0 spiro atoms. The number of hydrogen-bond acceptors (Lipinski definition) is 6. The van der Waals surface area contributed by atoms with Crippen LogP contribution in [-0.4, -0.2) is 32.2 Å². The van der Waals surface area contributed by atoms with E-state index in [0.717, 1.165) is 31.0 Å². The summed E-state index contributed by atoms with van der Waals surface area (Å²) in [5.41, 5.74) is -1.11. The molecule has 5 rings (SSSR count). The lowest BCUT2D eigenvalue weighted by molar-refractivity contribution is -0.137. The minimum Gasteiger partial charge on any atom is -0.376 e. The lowest BCUT2D eigenvalue weighted by Crippen LogP contribution is -2.28. The number of benzene rings is 2. The van der Waals surface area contributed by atoms with Crippen molar-refractivity contribution >= 4 is 33.6 Å². The molecule has 0 aliphatic carbocycles. The van der Waals surface area contributed by atoms with Gasteiger partial charge in [0.1, 0.15) is 5.82 Å². The van der Waals surface area contributed by atoms with Crippen molar-refractivity contribution < 1.29 is 17.9 Å². The van der Waals surface area contributed by atoms with Gasteiger partial charge in [-0.2, -0.15) is 13.2 Å². The second kappa shape index (κ2) is 8.88. The smallest absolute Gasteiger partial charge is 0.376 e. The molecule has 1 N–H and O–H groups in total. The molecule has 0 bridgehead atoms. The molecule has 1 aliphatic rings. The van der Waals surface area contributed by atoms with Crippen molar-refractivity contribution in [2.24, 2.45) is 0 Å². The summed E-state index contributed by atoms with van der Waals surface area (Å²) in [5.74, 6) is 0.297. The minimum absolute atomic E-state index is 0.0441. The first-order valence-corrected chi connectivity index (χ1v) is 11.6. The fourth-order valence-electron chi connectivity index (χ4n) is 3.98. The lowest BCUT2D eigenvalue weighted by atomic mass is 10.1. The number of aromatic nitrogens is 4. The summed E-state index contributed by atoms with van der Waals surface area (Å²) in [5, 5.41) is 0.980. The van der Waals surface area contributed by atoms with Gasteiger partial charge in [0, 0.05) is 6.61 Å². The first-order valence-electron chi connectivity index (χ1n) is 10.6. The van der Waals surface area contributed by atoms with Crippen molar-refractivity contribution in [3.63, 3.8) is 0 Å². The van der Waals surface area contributed by atoms with E-state index in [1.54, 1.807) is 28.8 Å². The molecule has 7 nitrogen and oxygen atoms in total. The van der Waals surface area contributed by atoms with E-state index >= 15 is 0 Å². The number of thioether (sulfide) groups is 1. The number of fused-ring (bicyclic) bond motifs is 2. The summed E-state index contributed by atoms with van der Waals surface area (Å²) in [7, 11) is 0. The molecule has 0 radical (unpaired) electrons. The van der Waals surface area contributed by atoms with Crippen LogP contribution in [-0.2, 0) is 23.2 Å². The Kier molecular flexibility index (Phi) is 5.90. The molecule has 0 amide bonds. The van der Waals surface area contributed by atoms with Crippen LogP contribution in [0.2, 0.25) is 0 Å². The van der Waals surface area contributed by atoms with Gasteiger partial charge in [-0.25, -0.2) is 9.97 Å². The third-order valence-corrected chi connectivity index (χ3v) is 6.65. The Bertz CT molecular complexity index is 1490. The van der Waals surface area contributed by atoms with Gasteiger partial charge < -0.3 is 9.72 Å². The van der Waals surface area contributed by atoms with Crippen molar-refractivity contribution in [3.8, 4) is 0 Å². The van der Waals surface area contributed by atoms with E-state index in [-0.39, 0.29) is 34.1 Å². The molecule has 11 heteroatoms. The molecule has 1 saturated heterocycles. The van der Waals surface area contributed by atoms with Crippen LogP contribution in [0.4, 0.5) is 13.2 Å². The van der Waals surface area contributed by atoms with Gasteiger partial charge in [-0.15, -0.1) is 0 Å². The highest BCUT2D eigenvalue weighted by atomic mass is 32.2. The quantitative estimate of drug-likeness (QED) is 0.336. The average molecular weight is 488 g/mol. The molecule has 1 fully saturated rings. The number of rotatable bonds is 5. The van der Waals surface area contributed by atoms with E-state index in [2.05, 4.69) is 15.0 Å². The number of hydrogen-bond donors (Lipinski definition) is 1. The fraction of sp³-hybridized carbons (Fsp3) is 0.304. The van der Waals surface area contributed by atoms with Crippen LogP contribution in [0, 0.1) is 0 Å². The van der Waals surface area contributed by atoms with E-state index in [0.29, 0.717) is 29.2 Å². The highest BCUT2D eigenvalue weighted by molar-refractivity contribution is 7.98. The first kappa shape index (κ1) is 22.6. The van der Waals surface area contributed by atoms with E-state index in [1.165, 1.54) is 11.8 Å². The number of halogens is 3. The molecule has 1 atom stereocenters. The molecular formula is C23H19F3N4O3S. The molecule has 4 aromatic rings. The Labute approximate surface area is 195 Å². The predicted octanol–water partition coefficient (Wildman–Crippen LogP) is 4.12. The van der Waals surface area contributed by atoms with Crippen molar-refractivity contribution in [1.82, 2.24) is 19.5 Å². The van der Waals surface area contributed by atoms with Crippen LogP contribution in [0.25, 0.3) is 21.8 Å². The Morgan fingerprint density at radius 2 is 1.91 bits per heavy atom. The summed E-state index contributed by atoms with van der Waals surface area (Å²) >= 11 is 1.18. The van der Waals surface area contributed by atoms with Crippen LogP contribution >= 0.6 is 11.8 Å². The van der Waals surface area contributed by atoms with Gasteiger partial charge in [0.2, 0.25) is 0 Å². The first-order chi connectivity index (χ1) is 16.3. The molecule has 3 heterocycles. The Hall–Kier alpha value is -3.18. The largest absolute Gasteiger partial charge is 0.416 e. The monoisotopic (exact) mass is 488 g/mol. The van der Waals surface area contributed by atoms with Crippen LogP contribution in [0.1, 0.15) is 24.2 Å². The van der Waals surface area contributed by atoms with Gasteiger partial charge in [-0.05, 0) is 43.2 Å². The maximum absolute atomic E-state index is 13.2. The molecule has 1 aliphatic heterocycles. The van der Waals surface area contributed by atoms with Crippen molar-refractivity contribution in [3.05, 3.63) is 74.6 Å². The van der Waals surface area contributed by atoms with Gasteiger partial charge in [-0.3, -0.25) is 14.2 Å². The van der Waals surface area contributed by atoms with Crippen molar-refractivity contribution in [2.45, 2.75) is 42.6 Å². The lowest BCUT2D eigenvalue weighted by Gasteiger charge is -2.16. The number of aromatic amines is 1. The summed E-state index contributed by atoms with van der Waals surface area (Å²) in [6.45, 7) is 0.987. The molecular weight excluding hydrogens is 469 g/mol. The number of H-pyrrole nitrogens is 1. The van der Waals surface area contributed by atoms with Crippen LogP contribution in [0.15, 0.2) is 57.2 Å². The molecule has 0 saturated carbocycles. The standard InChI is InChI=1S/C23H19F3N4O3S/c24-23(25,26)13-7-8-15-18(10-13)27-19(29-20(15)31)12-34-22-28-17-6-2-1-5-16(17)21(32)30(22)11-14-4-3-9-33-14/h1-2,5-8,10,14H,3-4,9,11-12H2,(H,27,29,31). The number of nitrogens with zero attached hydrogens (tertiary/aromatic N) is 3. The van der Waals surface area contributed by atoms with Gasteiger partial charge >= 0.3 is 6.18 Å². The zero-order valence-electron chi connectivity index (χ0n) is 17.8. The molecule has 2 aromatic heterocycles. The maximum atomic E-state index is 13.2. The average Bonchev–Trinajstić information content (AvgIpc) is 3.32. The van der Waals surface area contributed by atoms with Crippen LogP contribution < -0.4 is 11.1 Å². The summed E-state index contributed by atoms with van der Waals surface area (Å²) < 4.78 is 46.5. The third-order valence-electron chi connectivity index (χ3n) is 5.66. The highest BCUT2D eigenvalue weighted by Crippen LogP contribution is 2.30. The summed E-state index contributed by atoms with van der Waals surface area (Å²) in [6.07, 6.45) is -2.88. The third kappa shape index (κ3) is 4.45. The zero-order chi connectivity index (χ0) is 23.9. The van der Waals surface area contributed by atoms with Crippen LogP contribution in [0.5, 0.6) is 0 Å². The van der Waals surface area contributed by atoms with E-state index < -0.39 is 17.3 Å². The fourth-order valence-corrected chi connectivity index (χ4v) is 4.86. The SMILES string of the molecule is O=c1[nH]c(CSc2nc3ccccc3c(=O)n2CC2CCCO2)nc2cc(C(F)(F)F)ccc12. The highest BCUT2D eigenvalue weighted by Gasteiger charge is 2.30. The van der Waals surface area contributed by atoms with E-state index in [9.17, 15) is 22.8 Å². The number of nitrogens with one attached hydrogen (secondary N) is 1. The minimum atomic E-state index is -4.54. The second-order valence-electron chi connectivity index (χ2n) is 7.99. The number of alkyl halides is 3.